The second-order valence-corrected chi connectivity index (χ2v) is 12.8. The maximum absolute atomic E-state index is 13.4. The van der Waals surface area contributed by atoms with Gasteiger partial charge in [0.25, 0.3) is 5.91 Å². The van der Waals surface area contributed by atoms with Gasteiger partial charge < -0.3 is 20.2 Å². The highest BCUT2D eigenvalue weighted by molar-refractivity contribution is 7.89. The van der Waals surface area contributed by atoms with Crippen LogP contribution in [0.15, 0.2) is 45.7 Å². The molecule has 1 aliphatic heterocycles. The molecule has 0 spiro atoms. The van der Waals surface area contributed by atoms with E-state index in [2.05, 4.69) is 15.2 Å². The van der Waals surface area contributed by atoms with Crippen LogP contribution in [0.5, 0.6) is 5.75 Å². The van der Waals surface area contributed by atoms with Crippen LogP contribution in [0.3, 0.4) is 0 Å². The Morgan fingerprint density at radius 3 is 2.40 bits per heavy atom. The summed E-state index contributed by atoms with van der Waals surface area (Å²) in [7, 11) is -0.752. The number of carbonyl (C=O) groups excluding carboxylic acids is 2. The summed E-state index contributed by atoms with van der Waals surface area (Å²) in [5, 5.41) is 2.98. The highest BCUT2D eigenvalue weighted by atomic mass is 32.2. The fourth-order valence-electron chi connectivity index (χ4n) is 5.37. The van der Waals surface area contributed by atoms with E-state index in [9.17, 15) is 18.0 Å². The number of benzene rings is 2. The molecule has 11 nitrogen and oxygen atoms in total. The Hall–Kier alpha value is -3.74. The largest absolute Gasteiger partial charge is 0.497 e. The molecule has 42 heavy (non-hydrogen) atoms. The van der Waals surface area contributed by atoms with Gasteiger partial charge in [-0.3, -0.25) is 14.5 Å². The average molecular weight is 598 g/mol. The number of aryl methyl sites for hydroxylation is 2. The summed E-state index contributed by atoms with van der Waals surface area (Å²) in [6.07, 6.45) is 1.42. The molecule has 1 aromatic heterocycles. The number of methoxy groups -OCH3 is 1. The predicted molar refractivity (Wildman–Crippen MR) is 158 cm³/mol. The molecule has 1 unspecified atom stereocenters. The summed E-state index contributed by atoms with van der Waals surface area (Å²) in [6, 6.07) is 11.6. The first-order chi connectivity index (χ1) is 19.9. The lowest BCUT2D eigenvalue weighted by Crippen LogP contribution is -2.35. The van der Waals surface area contributed by atoms with Crippen LogP contribution in [0, 0.1) is 13.8 Å². The summed E-state index contributed by atoms with van der Waals surface area (Å²) in [5.74, 6) is 0.465. The second-order valence-electron chi connectivity index (χ2n) is 10.8. The van der Waals surface area contributed by atoms with Crippen molar-refractivity contribution in [3.05, 3.63) is 76.0 Å². The summed E-state index contributed by atoms with van der Waals surface area (Å²) in [5.41, 5.74) is 8.88. The van der Waals surface area contributed by atoms with Crippen molar-refractivity contribution in [3.63, 3.8) is 0 Å². The third-order valence-corrected chi connectivity index (χ3v) is 9.59. The molecule has 0 radical (unpaired) electrons. The van der Waals surface area contributed by atoms with Crippen LogP contribution in [-0.2, 0) is 34.2 Å². The van der Waals surface area contributed by atoms with Crippen molar-refractivity contribution in [3.8, 4) is 5.75 Å². The number of ether oxygens (including phenoxy) is 1. The van der Waals surface area contributed by atoms with Crippen molar-refractivity contribution in [2.45, 2.75) is 57.5 Å². The van der Waals surface area contributed by atoms with Crippen LogP contribution in [-0.4, -0.2) is 74.3 Å². The Morgan fingerprint density at radius 2 is 1.81 bits per heavy atom. The second kappa shape index (κ2) is 13.1. The fourth-order valence-corrected chi connectivity index (χ4v) is 6.95. The molecule has 1 atom stereocenters. The summed E-state index contributed by atoms with van der Waals surface area (Å²) in [4.78, 5) is 30.3. The van der Waals surface area contributed by atoms with Gasteiger partial charge in [-0.15, -0.1) is 0 Å². The van der Waals surface area contributed by atoms with Crippen molar-refractivity contribution < 1.29 is 27.2 Å². The standard InChI is InChI=1S/C30H39N5O6S/c1-19-14-25(40-5)15-20(2)29(19)42(38,39)34(4)12-11-27-33-28(30(31)37)26(41-27)16-22-6-8-23(9-7-22)17-35-13-10-24(18-35)32-21(3)36/h6-9,14-15,24H,10-13,16-18H2,1-5H3,(H2,31,37)(H,32,36). The number of carbonyl (C=O) groups is 2. The van der Waals surface area contributed by atoms with Crippen molar-refractivity contribution in [1.82, 2.24) is 19.5 Å². The van der Waals surface area contributed by atoms with Gasteiger partial charge in [0.05, 0.1) is 12.0 Å². The van der Waals surface area contributed by atoms with Crippen LogP contribution in [0.4, 0.5) is 0 Å². The number of likely N-dealkylation sites (N-methyl/N-ethyl adjacent to an activating group) is 1. The molecule has 12 heteroatoms. The van der Waals surface area contributed by atoms with E-state index in [1.54, 1.807) is 26.0 Å². The minimum absolute atomic E-state index is 0.00659. The van der Waals surface area contributed by atoms with E-state index >= 15 is 0 Å². The SMILES string of the molecule is COc1cc(C)c(S(=O)(=O)N(C)CCc2nc(C(N)=O)c(Cc3ccc(CN4CCC(NC(C)=O)C4)cc3)o2)c(C)c1. The molecule has 1 fully saturated rings. The third-order valence-electron chi connectivity index (χ3n) is 7.43. The number of rotatable bonds is 12. The highest BCUT2D eigenvalue weighted by Crippen LogP contribution is 2.28. The molecule has 0 aliphatic carbocycles. The molecule has 1 saturated heterocycles. The lowest BCUT2D eigenvalue weighted by Gasteiger charge is -2.20. The monoisotopic (exact) mass is 597 g/mol. The van der Waals surface area contributed by atoms with E-state index in [0.717, 1.165) is 37.2 Å². The number of likely N-dealkylation sites (tertiary alicyclic amines) is 1. The molecule has 1 aliphatic rings. The average Bonchev–Trinajstić information content (AvgIpc) is 3.53. The summed E-state index contributed by atoms with van der Waals surface area (Å²) >= 11 is 0. The Balaban J connectivity index is 1.40. The molecule has 4 rings (SSSR count). The number of sulfonamides is 1. The van der Waals surface area contributed by atoms with Crippen LogP contribution in [0.1, 0.15) is 57.7 Å². The van der Waals surface area contributed by atoms with Gasteiger partial charge in [-0.2, -0.15) is 0 Å². The molecular formula is C30H39N5O6S. The van der Waals surface area contributed by atoms with E-state index in [1.165, 1.54) is 25.4 Å². The van der Waals surface area contributed by atoms with E-state index in [0.29, 0.717) is 29.1 Å². The maximum Gasteiger partial charge on any atom is 0.270 e. The molecule has 226 valence electrons. The van der Waals surface area contributed by atoms with Crippen LogP contribution < -0.4 is 15.8 Å². The maximum atomic E-state index is 13.4. The highest BCUT2D eigenvalue weighted by Gasteiger charge is 2.27. The molecule has 2 aromatic carbocycles. The van der Waals surface area contributed by atoms with Gasteiger partial charge in [0, 0.05) is 59.0 Å². The first kappa shape index (κ1) is 31.2. The molecule has 2 amide bonds. The minimum atomic E-state index is -3.79. The number of hydrogen-bond acceptors (Lipinski definition) is 8. The first-order valence-electron chi connectivity index (χ1n) is 13.8. The van der Waals surface area contributed by atoms with Crippen molar-refractivity contribution in [1.29, 1.82) is 0 Å². The lowest BCUT2D eigenvalue weighted by molar-refractivity contribution is -0.119. The Kier molecular flexibility index (Phi) is 9.70. The van der Waals surface area contributed by atoms with E-state index in [-0.39, 0.29) is 41.4 Å². The van der Waals surface area contributed by atoms with Gasteiger partial charge >= 0.3 is 0 Å². The van der Waals surface area contributed by atoms with Crippen molar-refractivity contribution in [2.75, 3.05) is 33.8 Å². The van der Waals surface area contributed by atoms with Crippen molar-refractivity contribution >= 4 is 21.8 Å². The number of aromatic nitrogens is 1. The van der Waals surface area contributed by atoms with E-state index in [4.69, 9.17) is 14.9 Å². The van der Waals surface area contributed by atoms with Crippen molar-refractivity contribution in [2.24, 2.45) is 5.73 Å². The number of primary amides is 1. The smallest absolute Gasteiger partial charge is 0.270 e. The normalized spacial score (nSPS) is 15.7. The third kappa shape index (κ3) is 7.36. The molecule has 3 aromatic rings. The minimum Gasteiger partial charge on any atom is -0.497 e. The number of nitrogens with two attached hydrogens (primary N) is 1. The van der Waals surface area contributed by atoms with Crippen LogP contribution in [0.2, 0.25) is 0 Å². The zero-order valence-electron chi connectivity index (χ0n) is 24.8. The number of hydrogen-bond donors (Lipinski definition) is 2. The Morgan fingerprint density at radius 1 is 1.17 bits per heavy atom. The van der Waals surface area contributed by atoms with Gasteiger partial charge in [0.15, 0.2) is 11.6 Å². The zero-order valence-corrected chi connectivity index (χ0v) is 25.6. The molecule has 0 saturated carbocycles. The van der Waals surface area contributed by atoms with Crippen LogP contribution >= 0.6 is 0 Å². The molecule has 2 heterocycles. The summed E-state index contributed by atoms with van der Waals surface area (Å²) < 4.78 is 39.1. The van der Waals surface area contributed by atoms with Gasteiger partial charge in [-0.1, -0.05) is 24.3 Å². The van der Waals surface area contributed by atoms with E-state index in [1.807, 2.05) is 24.3 Å². The summed E-state index contributed by atoms with van der Waals surface area (Å²) in [6.45, 7) is 7.62. The number of nitrogens with zero attached hydrogens (tertiary/aromatic N) is 3. The van der Waals surface area contributed by atoms with Gasteiger partial charge in [-0.05, 0) is 54.7 Å². The number of amides is 2. The molecule has 0 bridgehead atoms. The number of nitrogens with one attached hydrogen (secondary N) is 1. The Labute approximate surface area is 247 Å². The molecule has 3 N–H and O–H groups in total. The Bertz CT molecular complexity index is 1530. The van der Waals surface area contributed by atoms with E-state index < -0.39 is 15.9 Å². The lowest BCUT2D eigenvalue weighted by atomic mass is 10.1. The van der Waals surface area contributed by atoms with Gasteiger partial charge in [-0.25, -0.2) is 17.7 Å². The first-order valence-corrected chi connectivity index (χ1v) is 15.3. The molecular weight excluding hydrogens is 558 g/mol. The van der Waals surface area contributed by atoms with Gasteiger partial charge in [0.1, 0.15) is 11.5 Å². The number of oxazole rings is 1. The topological polar surface area (TPSA) is 148 Å². The van der Waals surface area contributed by atoms with Gasteiger partial charge in [0.2, 0.25) is 15.9 Å². The zero-order chi connectivity index (χ0) is 30.6. The fraction of sp³-hybridized carbons (Fsp3) is 0.433. The van der Waals surface area contributed by atoms with Crippen LogP contribution in [0.25, 0.3) is 0 Å². The quantitative estimate of drug-likeness (QED) is 0.324. The predicted octanol–water partition coefficient (Wildman–Crippen LogP) is 2.56.